The molecule has 0 aliphatic rings. The van der Waals surface area contributed by atoms with Gasteiger partial charge in [-0.3, -0.25) is 14.5 Å². The van der Waals surface area contributed by atoms with E-state index in [9.17, 15) is 9.59 Å². The van der Waals surface area contributed by atoms with Crippen molar-refractivity contribution < 1.29 is 14.3 Å². The second-order valence-electron chi connectivity index (χ2n) is 4.22. The minimum absolute atomic E-state index is 0.0711. The van der Waals surface area contributed by atoms with E-state index in [0.717, 1.165) is 0 Å². The number of hydrogen-bond acceptors (Lipinski definition) is 4. The van der Waals surface area contributed by atoms with E-state index in [-0.39, 0.29) is 18.4 Å². The van der Waals surface area contributed by atoms with Crippen LogP contribution in [0.15, 0.2) is 0 Å². The van der Waals surface area contributed by atoms with Gasteiger partial charge in [-0.05, 0) is 20.9 Å². The predicted octanol–water partition coefficient (Wildman–Crippen LogP) is -0.137. The maximum atomic E-state index is 11.4. The Hall–Kier alpha value is -1.10. The number of amides is 1. The lowest BCUT2D eigenvalue weighted by atomic mass is 9.93. The first-order valence-electron chi connectivity index (χ1n) is 4.81. The van der Waals surface area contributed by atoms with Gasteiger partial charge in [-0.1, -0.05) is 0 Å². The molecule has 0 fully saturated rings. The van der Waals surface area contributed by atoms with E-state index in [1.54, 1.807) is 32.8 Å². The van der Waals surface area contributed by atoms with Crippen LogP contribution in [0, 0.1) is 5.41 Å². The molecule has 0 aromatic carbocycles. The van der Waals surface area contributed by atoms with Crippen LogP contribution in [-0.4, -0.2) is 51.1 Å². The highest BCUT2D eigenvalue weighted by Crippen LogP contribution is 2.17. The number of rotatable bonds is 5. The molecule has 0 heterocycles. The number of carbonyl (C=O) groups excluding carboxylic acids is 2. The average molecular weight is 216 g/mol. The van der Waals surface area contributed by atoms with Crippen molar-refractivity contribution in [2.75, 3.05) is 34.3 Å². The first-order valence-corrected chi connectivity index (χ1v) is 4.81. The third-order valence-electron chi connectivity index (χ3n) is 2.10. The Balaban J connectivity index is 4.21. The lowest BCUT2D eigenvalue weighted by Crippen LogP contribution is -2.42. The van der Waals surface area contributed by atoms with Gasteiger partial charge in [-0.15, -0.1) is 0 Å². The second-order valence-corrected chi connectivity index (χ2v) is 4.22. The standard InChI is InChI=1S/C10H20N2O3/c1-10(2,9(14)15-5)7-12(4)6-8(13)11-3/h6-7H2,1-5H3,(H,11,13). The molecule has 0 radical (unpaired) electrons. The molecule has 0 aliphatic carbocycles. The summed E-state index contributed by atoms with van der Waals surface area (Å²) in [5.74, 6) is -0.343. The lowest BCUT2D eigenvalue weighted by molar-refractivity contribution is -0.152. The Morgan fingerprint density at radius 2 is 1.93 bits per heavy atom. The fraction of sp³-hybridized carbons (Fsp3) is 0.800. The molecule has 0 unspecified atom stereocenters. The van der Waals surface area contributed by atoms with Gasteiger partial charge in [-0.2, -0.15) is 0 Å². The van der Waals surface area contributed by atoms with E-state index in [2.05, 4.69) is 10.1 Å². The quantitative estimate of drug-likeness (QED) is 0.650. The first-order chi connectivity index (χ1) is 6.83. The lowest BCUT2D eigenvalue weighted by Gasteiger charge is -2.27. The minimum Gasteiger partial charge on any atom is -0.469 e. The molecule has 0 saturated carbocycles. The van der Waals surface area contributed by atoms with E-state index in [1.807, 2.05) is 0 Å². The van der Waals surface area contributed by atoms with Crippen LogP contribution in [0.2, 0.25) is 0 Å². The molecule has 15 heavy (non-hydrogen) atoms. The molecular weight excluding hydrogens is 196 g/mol. The summed E-state index contributed by atoms with van der Waals surface area (Å²) in [5.41, 5.74) is -0.600. The summed E-state index contributed by atoms with van der Waals surface area (Å²) in [4.78, 5) is 24.2. The molecule has 0 saturated heterocycles. The smallest absolute Gasteiger partial charge is 0.312 e. The zero-order valence-corrected chi connectivity index (χ0v) is 10.1. The molecule has 5 nitrogen and oxygen atoms in total. The number of carbonyl (C=O) groups is 2. The summed E-state index contributed by atoms with van der Waals surface area (Å²) in [5, 5.41) is 2.53. The van der Waals surface area contributed by atoms with Crippen molar-refractivity contribution in [2.45, 2.75) is 13.8 Å². The highest BCUT2D eigenvalue weighted by molar-refractivity contribution is 5.78. The Morgan fingerprint density at radius 1 is 1.40 bits per heavy atom. The molecule has 0 aliphatic heterocycles. The molecule has 1 amide bonds. The summed E-state index contributed by atoms with van der Waals surface area (Å²) in [6.07, 6.45) is 0. The van der Waals surface area contributed by atoms with Gasteiger partial charge in [0.05, 0.1) is 19.1 Å². The Bertz CT molecular complexity index is 239. The SMILES string of the molecule is CNC(=O)CN(C)CC(C)(C)C(=O)OC. The Kier molecular flexibility index (Phi) is 5.28. The molecule has 5 heteroatoms. The van der Waals surface area contributed by atoms with Crippen molar-refractivity contribution in [3.63, 3.8) is 0 Å². The predicted molar refractivity (Wildman–Crippen MR) is 57.4 cm³/mol. The van der Waals surface area contributed by atoms with Gasteiger partial charge in [-0.25, -0.2) is 0 Å². The summed E-state index contributed by atoms with van der Waals surface area (Å²) >= 11 is 0. The molecule has 0 bridgehead atoms. The van der Waals surface area contributed by atoms with Crippen molar-refractivity contribution in [1.82, 2.24) is 10.2 Å². The van der Waals surface area contributed by atoms with E-state index >= 15 is 0 Å². The van der Waals surface area contributed by atoms with Gasteiger partial charge in [0, 0.05) is 13.6 Å². The van der Waals surface area contributed by atoms with Crippen molar-refractivity contribution in [3.05, 3.63) is 0 Å². The van der Waals surface area contributed by atoms with Gasteiger partial charge in [0.1, 0.15) is 0 Å². The Morgan fingerprint density at radius 3 is 2.33 bits per heavy atom. The minimum atomic E-state index is -0.600. The highest BCUT2D eigenvalue weighted by atomic mass is 16.5. The number of ether oxygens (including phenoxy) is 1. The van der Waals surface area contributed by atoms with Crippen LogP contribution in [0.1, 0.15) is 13.8 Å². The summed E-state index contributed by atoms with van der Waals surface area (Å²) in [6, 6.07) is 0. The molecular formula is C10H20N2O3. The van der Waals surface area contributed by atoms with Crippen LogP contribution < -0.4 is 5.32 Å². The van der Waals surface area contributed by atoms with Gasteiger partial charge in [0.15, 0.2) is 0 Å². The number of methoxy groups -OCH3 is 1. The third-order valence-corrected chi connectivity index (χ3v) is 2.10. The zero-order valence-electron chi connectivity index (χ0n) is 10.1. The largest absolute Gasteiger partial charge is 0.469 e. The summed E-state index contributed by atoms with van der Waals surface area (Å²) in [6.45, 7) is 4.34. The fourth-order valence-corrected chi connectivity index (χ4v) is 1.40. The molecule has 0 rings (SSSR count). The van der Waals surface area contributed by atoms with E-state index in [0.29, 0.717) is 6.54 Å². The Labute approximate surface area is 90.8 Å². The van der Waals surface area contributed by atoms with Crippen molar-refractivity contribution in [3.8, 4) is 0 Å². The van der Waals surface area contributed by atoms with Crippen LogP contribution in [0.3, 0.4) is 0 Å². The maximum Gasteiger partial charge on any atom is 0.312 e. The van der Waals surface area contributed by atoms with Gasteiger partial charge in [0.25, 0.3) is 0 Å². The molecule has 0 aromatic rings. The number of hydrogen-bond donors (Lipinski definition) is 1. The number of likely N-dealkylation sites (N-methyl/N-ethyl adjacent to an activating group) is 2. The van der Waals surface area contributed by atoms with Crippen LogP contribution in [0.4, 0.5) is 0 Å². The third kappa shape index (κ3) is 4.78. The van der Waals surface area contributed by atoms with Crippen molar-refractivity contribution >= 4 is 11.9 Å². The number of esters is 1. The highest BCUT2D eigenvalue weighted by Gasteiger charge is 2.30. The van der Waals surface area contributed by atoms with E-state index in [4.69, 9.17) is 0 Å². The topological polar surface area (TPSA) is 58.6 Å². The molecule has 0 atom stereocenters. The van der Waals surface area contributed by atoms with Crippen LogP contribution in [0.5, 0.6) is 0 Å². The van der Waals surface area contributed by atoms with Crippen LogP contribution in [0.25, 0.3) is 0 Å². The normalized spacial score (nSPS) is 11.3. The zero-order chi connectivity index (χ0) is 12.1. The second kappa shape index (κ2) is 5.70. The van der Waals surface area contributed by atoms with E-state index < -0.39 is 5.41 Å². The van der Waals surface area contributed by atoms with E-state index in [1.165, 1.54) is 7.11 Å². The molecule has 0 aromatic heterocycles. The monoisotopic (exact) mass is 216 g/mol. The molecule has 1 N–H and O–H groups in total. The van der Waals surface area contributed by atoms with Crippen molar-refractivity contribution in [1.29, 1.82) is 0 Å². The van der Waals surface area contributed by atoms with Crippen LogP contribution in [-0.2, 0) is 14.3 Å². The van der Waals surface area contributed by atoms with Gasteiger partial charge in [0.2, 0.25) is 5.91 Å². The average Bonchev–Trinajstić information content (AvgIpc) is 2.15. The van der Waals surface area contributed by atoms with Gasteiger partial charge >= 0.3 is 5.97 Å². The van der Waals surface area contributed by atoms with Crippen molar-refractivity contribution in [2.24, 2.45) is 5.41 Å². The maximum absolute atomic E-state index is 11.4. The fourth-order valence-electron chi connectivity index (χ4n) is 1.40. The number of nitrogens with zero attached hydrogens (tertiary/aromatic N) is 1. The van der Waals surface area contributed by atoms with Crippen LogP contribution >= 0.6 is 0 Å². The summed E-state index contributed by atoms with van der Waals surface area (Å²) in [7, 11) is 4.74. The first kappa shape index (κ1) is 13.9. The molecule has 0 spiro atoms. The molecule has 88 valence electrons. The number of nitrogens with one attached hydrogen (secondary N) is 1. The summed E-state index contributed by atoms with van der Waals surface area (Å²) < 4.78 is 4.68. The van der Waals surface area contributed by atoms with Gasteiger partial charge < -0.3 is 10.1 Å².